The summed E-state index contributed by atoms with van der Waals surface area (Å²) >= 11 is 3.34. The van der Waals surface area contributed by atoms with Gasteiger partial charge in [0.05, 0.1) is 23.7 Å². The van der Waals surface area contributed by atoms with Crippen LogP contribution in [0.15, 0.2) is 30.5 Å². The predicted molar refractivity (Wildman–Crippen MR) is 106 cm³/mol. The fourth-order valence-electron chi connectivity index (χ4n) is 2.78. The first kappa shape index (κ1) is 18.0. The van der Waals surface area contributed by atoms with Gasteiger partial charge in [-0.1, -0.05) is 29.8 Å². The predicted octanol–water partition coefficient (Wildman–Crippen LogP) is 4.21. The van der Waals surface area contributed by atoms with E-state index in [1.807, 2.05) is 14.0 Å². The van der Waals surface area contributed by atoms with Crippen LogP contribution in [-0.4, -0.2) is 33.0 Å². The SMILES string of the molecule is Cc1cccc(CSCC(=O)N(C)Cc2c(C)nc3sc(C)cn23)c1. The lowest BCUT2D eigenvalue weighted by Crippen LogP contribution is -2.28. The van der Waals surface area contributed by atoms with Crippen LogP contribution in [0.1, 0.15) is 27.4 Å². The van der Waals surface area contributed by atoms with Crippen LogP contribution in [0.5, 0.6) is 0 Å². The summed E-state index contributed by atoms with van der Waals surface area (Å²) in [6, 6.07) is 8.44. The molecule has 1 aromatic carbocycles. The van der Waals surface area contributed by atoms with Crippen molar-refractivity contribution in [3.8, 4) is 0 Å². The van der Waals surface area contributed by atoms with Crippen LogP contribution in [-0.2, 0) is 17.1 Å². The molecule has 0 saturated carbocycles. The molecule has 0 unspecified atom stereocenters. The van der Waals surface area contributed by atoms with Gasteiger partial charge in [0.2, 0.25) is 5.91 Å². The quantitative estimate of drug-likeness (QED) is 0.649. The minimum Gasteiger partial charge on any atom is -0.339 e. The summed E-state index contributed by atoms with van der Waals surface area (Å²) in [5.74, 6) is 1.51. The lowest BCUT2D eigenvalue weighted by Gasteiger charge is -2.17. The highest BCUT2D eigenvalue weighted by Crippen LogP contribution is 2.22. The van der Waals surface area contributed by atoms with Gasteiger partial charge < -0.3 is 4.90 Å². The largest absolute Gasteiger partial charge is 0.339 e. The van der Waals surface area contributed by atoms with E-state index in [0.29, 0.717) is 12.3 Å². The third kappa shape index (κ3) is 4.25. The van der Waals surface area contributed by atoms with Gasteiger partial charge in [0.15, 0.2) is 4.96 Å². The van der Waals surface area contributed by atoms with Crippen molar-refractivity contribution >= 4 is 34.0 Å². The van der Waals surface area contributed by atoms with Gasteiger partial charge in [0.1, 0.15) is 0 Å². The maximum absolute atomic E-state index is 12.5. The highest BCUT2D eigenvalue weighted by atomic mass is 32.2. The number of aryl methyl sites for hydroxylation is 3. The number of imidazole rings is 1. The minimum atomic E-state index is 0.152. The van der Waals surface area contributed by atoms with Crippen molar-refractivity contribution in [2.75, 3.05) is 12.8 Å². The third-order valence-corrected chi connectivity index (χ3v) is 6.02. The van der Waals surface area contributed by atoms with Crippen molar-refractivity contribution in [3.05, 3.63) is 57.9 Å². The molecule has 6 heteroatoms. The molecular formula is C19H23N3OS2. The molecule has 2 heterocycles. The molecule has 4 nitrogen and oxygen atoms in total. The van der Waals surface area contributed by atoms with Gasteiger partial charge in [0.25, 0.3) is 0 Å². The van der Waals surface area contributed by atoms with Crippen LogP contribution in [0.25, 0.3) is 4.96 Å². The number of nitrogens with zero attached hydrogens (tertiary/aromatic N) is 3. The lowest BCUT2D eigenvalue weighted by molar-refractivity contribution is -0.127. The Hall–Kier alpha value is -1.79. The van der Waals surface area contributed by atoms with Gasteiger partial charge in [-0.15, -0.1) is 23.1 Å². The Balaban J connectivity index is 1.57. The summed E-state index contributed by atoms with van der Waals surface area (Å²) in [6.07, 6.45) is 2.10. The van der Waals surface area contributed by atoms with Crippen LogP contribution in [0.2, 0.25) is 0 Å². The van der Waals surface area contributed by atoms with Crippen LogP contribution in [0.3, 0.4) is 0 Å². The van der Waals surface area contributed by atoms with E-state index in [-0.39, 0.29) is 5.91 Å². The molecule has 132 valence electrons. The topological polar surface area (TPSA) is 37.6 Å². The number of thiazole rings is 1. The van der Waals surface area contributed by atoms with Crippen molar-refractivity contribution < 1.29 is 4.79 Å². The Kier molecular flexibility index (Phi) is 5.49. The van der Waals surface area contributed by atoms with Gasteiger partial charge in [-0.25, -0.2) is 4.98 Å². The Morgan fingerprint density at radius 2 is 2.12 bits per heavy atom. The summed E-state index contributed by atoms with van der Waals surface area (Å²) in [7, 11) is 1.87. The molecule has 25 heavy (non-hydrogen) atoms. The van der Waals surface area contributed by atoms with Gasteiger partial charge in [-0.05, 0) is 26.3 Å². The van der Waals surface area contributed by atoms with Crippen molar-refractivity contribution in [1.82, 2.24) is 14.3 Å². The number of benzene rings is 1. The van der Waals surface area contributed by atoms with E-state index < -0.39 is 0 Å². The molecule has 0 radical (unpaired) electrons. The van der Waals surface area contributed by atoms with Crippen molar-refractivity contribution in [2.45, 2.75) is 33.1 Å². The minimum absolute atomic E-state index is 0.152. The standard InChI is InChI=1S/C19H23N3OS2/c1-13-6-5-7-16(8-13)11-24-12-18(23)21(4)10-17-15(3)20-19-22(17)9-14(2)25-19/h5-9H,10-12H2,1-4H3. The number of carbonyl (C=O) groups excluding carboxylic acids is 1. The highest BCUT2D eigenvalue weighted by Gasteiger charge is 2.16. The number of hydrogen-bond donors (Lipinski definition) is 0. The van der Waals surface area contributed by atoms with Crippen molar-refractivity contribution in [2.24, 2.45) is 0 Å². The third-order valence-electron chi connectivity index (χ3n) is 4.13. The molecule has 0 aliphatic carbocycles. The van der Waals surface area contributed by atoms with Gasteiger partial charge >= 0.3 is 0 Å². The van der Waals surface area contributed by atoms with E-state index in [1.165, 1.54) is 16.0 Å². The number of hydrogen-bond acceptors (Lipinski definition) is 4. The molecule has 0 bridgehead atoms. The van der Waals surface area contributed by atoms with Crippen LogP contribution in [0.4, 0.5) is 0 Å². The molecule has 0 N–H and O–H groups in total. The van der Waals surface area contributed by atoms with E-state index in [9.17, 15) is 4.79 Å². The first-order valence-corrected chi connectivity index (χ1v) is 10.2. The fourth-order valence-corrected chi connectivity index (χ4v) is 4.58. The Morgan fingerprint density at radius 3 is 2.88 bits per heavy atom. The molecule has 0 aliphatic rings. The summed E-state index contributed by atoms with van der Waals surface area (Å²) in [5.41, 5.74) is 4.62. The van der Waals surface area contributed by atoms with Crippen LogP contribution >= 0.6 is 23.1 Å². The molecule has 3 rings (SSSR count). The number of aromatic nitrogens is 2. The molecule has 3 aromatic rings. The Labute approximate surface area is 156 Å². The molecule has 1 amide bonds. The lowest BCUT2D eigenvalue weighted by atomic mass is 10.2. The summed E-state index contributed by atoms with van der Waals surface area (Å²) in [5, 5.41) is 0. The molecule has 0 fully saturated rings. The number of carbonyl (C=O) groups is 1. The van der Waals surface area contributed by atoms with Crippen molar-refractivity contribution in [1.29, 1.82) is 0 Å². The van der Waals surface area contributed by atoms with Gasteiger partial charge in [0, 0.05) is 23.9 Å². The highest BCUT2D eigenvalue weighted by molar-refractivity contribution is 7.99. The molecule has 0 saturated heterocycles. The van der Waals surface area contributed by atoms with Crippen molar-refractivity contribution in [3.63, 3.8) is 0 Å². The normalized spacial score (nSPS) is 11.2. The van der Waals surface area contributed by atoms with E-state index in [4.69, 9.17) is 0 Å². The molecule has 0 spiro atoms. The number of fused-ring (bicyclic) bond motifs is 1. The average molecular weight is 374 g/mol. The van der Waals surface area contributed by atoms with Gasteiger partial charge in [-0.2, -0.15) is 0 Å². The number of amides is 1. The number of rotatable bonds is 6. The zero-order chi connectivity index (χ0) is 18.0. The second kappa shape index (κ2) is 7.62. The van der Waals surface area contributed by atoms with Gasteiger partial charge in [-0.3, -0.25) is 9.20 Å². The Morgan fingerprint density at radius 1 is 1.32 bits per heavy atom. The van der Waals surface area contributed by atoms with E-state index >= 15 is 0 Å². The first-order valence-electron chi connectivity index (χ1n) is 8.25. The summed E-state index contributed by atoms with van der Waals surface area (Å²) in [4.78, 5) is 21.1. The van der Waals surface area contributed by atoms with Crippen LogP contribution in [0, 0.1) is 20.8 Å². The first-order chi connectivity index (χ1) is 11.9. The fraction of sp³-hybridized carbons (Fsp3) is 0.368. The summed E-state index contributed by atoms with van der Waals surface area (Å²) in [6.45, 7) is 6.77. The summed E-state index contributed by atoms with van der Waals surface area (Å²) < 4.78 is 2.11. The van der Waals surface area contributed by atoms with E-state index in [2.05, 4.69) is 53.7 Å². The molecule has 0 atom stereocenters. The molecule has 2 aromatic heterocycles. The monoisotopic (exact) mass is 373 g/mol. The zero-order valence-corrected chi connectivity index (χ0v) is 16.7. The van der Waals surface area contributed by atoms with Crippen LogP contribution < -0.4 is 0 Å². The van der Waals surface area contributed by atoms with E-state index in [0.717, 1.165) is 22.1 Å². The molecule has 0 aliphatic heterocycles. The Bertz CT molecular complexity index is 897. The number of thioether (sulfide) groups is 1. The second-order valence-corrected chi connectivity index (χ2v) is 8.57. The van der Waals surface area contributed by atoms with E-state index in [1.54, 1.807) is 28.0 Å². The maximum Gasteiger partial charge on any atom is 0.232 e. The second-order valence-electron chi connectivity index (χ2n) is 6.37. The smallest absolute Gasteiger partial charge is 0.232 e. The molecular weight excluding hydrogens is 350 g/mol. The maximum atomic E-state index is 12.5. The zero-order valence-electron chi connectivity index (χ0n) is 15.1. The average Bonchev–Trinajstić information content (AvgIpc) is 3.04.